The van der Waals surface area contributed by atoms with E-state index in [2.05, 4.69) is 15.4 Å². The number of carbonyl (C=O) groups excluding carboxylic acids is 2. The van der Waals surface area contributed by atoms with Gasteiger partial charge in [-0.1, -0.05) is 6.07 Å². The lowest BCUT2D eigenvalue weighted by molar-refractivity contribution is -0.116. The first-order valence-electron chi connectivity index (χ1n) is 7.07. The Balaban J connectivity index is 1.80. The van der Waals surface area contributed by atoms with Gasteiger partial charge in [0.15, 0.2) is 0 Å². The second-order valence-corrected chi connectivity index (χ2v) is 7.83. The molecule has 1 aromatic heterocycles. The molecule has 0 aliphatic carbocycles. The van der Waals surface area contributed by atoms with Crippen LogP contribution in [0.2, 0.25) is 0 Å². The second kappa shape index (κ2) is 8.04. The first kappa shape index (κ1) is 18.1. The van der Waals surface area contributed by atoms with Crippen molar-refractivity contribution in [1.29, 1.82) is 0 Å². The Morgan fingerprint density at radius 1 is 1.04 bits per heavy atom. The van der Waals surface area contributed by atoms with E-state index in [0.717, 1.165) is 11.3 Å². The van der Waals surface area contributed by atoms with Crippen molar-refractivity contribution >= 4 is 44.5 Å². The Labute approximate surface area is 144 Å². The monoisotopic (exact) mass is 367 g/mol. The van der Waals surface area contributed by atoms with Crippen molar-refractivity contribution < 1.29 is 18.0 Å². The molecule has 3 N–H and O–H groups in total. The number of sulfonamides is 1. The van der Waals surface area contributed by atoms with Gasteiger partial charge in [0, 0.05) is 31.3 Å². The standard InChI is InChI=1S/C15H17N3O4S2/c1-11(19)17-12-4-6-13(7-5-12)18-14(20)8-9-16-24(21,22)15-3-2-10-23-15/h2-7,10,16H,8-9H2,1H3,(H,17,19)(H,18,20). The minimum atomic E-state index is -3.55. The maximum absolute atomic E-state index is 11.9. The summed E-state index contributed by atoms with van der Waals surface area (Å²) >= 11 is 1.12. The fourth-order valence-electron chi connectivity index (χ4n) is 1.85. The molecule has 2 aromatic rings. The van der Waals surface area contributed by atoms with Crippen LogP contribution >= 0.6 is 11.3 Å². The van der Waals surface area contributed by atoms with Crippen LogP contribution < -0.4 is 15.4 Å². The summed E-state index contributed by atoms with van der Waals surface area (Å²) in [6.07, 6.45) is 0.0120. The Bertz CT molecular complexity index is 800. The number of anilines is 2. The predicted molar refractivity (Wildman–Crippen MR) is 93.5 cm³/mol. The SMILES string of the molecule is CC(=O)Nc1ccc(NC(=O)CCNS(=O)(=O)c2cccs2)cc1. The molecule has 1 heterocycles. The number of hydrogen-bond acceptors (Lipinski definition) is 5. The summed E-state index contributed by atoms with van der Waals surface area (Å²) in [5.74, 6) is -0.485. The van der Waals surface area contributed by atoms with Crippen LogP contribution in [0.4, 0.5) is 11.4 Å². The van der Waals surface area contributed by atoms with E-state index in [1.165, 1.54) is 13.0 Å². The van der Waals surface area contributed by atoms with Crippen LogP contribution in [0.25, 0.3) is 0 Å². The van der Waals surface area contributed by atoms with Gasteiger partial charge in [-0.05, 0) is 35.7 Å². The first-order chi connectivity index (χ1) is 11.4. The van der Waals surface area contributed by atoms with Gasteiger partial charge in [-0.15, -0.1) is 11.3 Å². The largest absolute Gasteiger partial charge is 0.326 e. The lowest BCUT2D eigenvalue weighted by atomic mass is 10.2. The van der Waals surface area contributed by atoms with E-state index in [1.807, 2.05) is 0 Å². The highest BCUT2D eigenvalue weighted by molar-refractivity contribution is 7.91. The van der Waals surface area contributed by atoms with E-state index in [4.69, 9.17) is 0 Å². The van der Waals surface area contributed by atoms with Gasteiger partial charge in [-0.25, -0.2) is 13.1 Å². The van der Waals surface area contributed by atoms with Gasteiger partial charge in [0.05, 0.1) is 0 Å². The molecule has 0 radical (unpaired) electrons. The summed E-state index contributed by atoms with van der Waals surface area (Å²) in [5.41, 5.74) is 1.19. The van der Waals surface area contributed by atoms with Gasteiger partial charge in [0.25, 0.3) is 0 Å². The Morgan fingerprint density at radius 2 is 1.67 bits per heavy atom. The van der Waals surface area contributed by atoms with Crippen LogP contribution in [0, 0.1) is 0 Å². The van der Waals surface area contributed by atoms with Crippen LogP contribution in [0.1, 0.15) is 13.3 Å². The molecule has 2 rings (SSSR count). The molecular weight excluding hydrogens is 350 g/mol. The molecule has 0 saturated carbocycles. The van der Waals surface area contributed by atoms with E-state index < -0.39 is 10.0 Å². The minimum Gasteiger partial charge on any atom is -0.326 e. The summed E-state index contributed by atoms with van der Waals surface area (Å²) < 4.78 is 26.4. The van der Waals surface area contributed by atoms with Crippen molar-refractivity contribution in [3.8, 4) is 0 Å². The molecule has 0 saturated heterocycles. The van der Waals surface area contributed by atoms with Gasteiger partial charge < -0.3 is 10.6 Å². The third-order valence-electron chi connectivity index (χ3n) is 2.89. The van der Waals surface area contributed by atoms with Gasteiger partial charge in [-0.3, -0.25) is 9.59 Å². The average Bonchev–Trinajstić information content (AvgIpc) is 3.04. The highest BCUT2D eigenvalue weighted by atomic mass is 32.2. The quantitative estimate of drug-likeness (QED) is 0.696. The van der Waals surface area contributed by atoms with Crippen LogP contribution in [-0.2, 0) is 19.6 Å². The molecular formula is C15H17N3O4S2. The number of benzene rings is 1. The average molecular weight is 367 g/mol. The molecule has 1 aromatic carbocycles. The maximum atomic E-state index is 11.9. The highest BCUT2D eigenvalue weighted by Crippen LogP contribution is 2.15. The highest BCUT2D eigenvalue weighted by Gasteiger charge is 2.14. The Morgan fingerprint density at radius 3 is 2.21 bits per heavy atom. The number of nitrogens with one attached hydrogen (secondary N) is 3. The smallest absolute Gasteiger partial charge is 0.250 e. The third-order valence-corrected chi connectivity index (χ3v) is 5.75. The van der Waals surface area contributed by atoms with Crippen molar-refractivity contribution in [1.82, 2.24) is 4.72 Å². The zero-order valence-electron chi connectivity index (χ0n) is 12.9. The molecule has 128 valence electrons. The molecule has 2 amide bonds. The van der Waals surface area contributed by atoms with Crippen LogP contribution in [0.3, 0.4) is 0 Å². The van der Waals surface area contributed by atoms with Crippen molar-refractivity contribution in [3.05, 3.63) is 41.8 Å². The third kappa shape index (κ3) is 5.44. The number of hydrogen-bond donors (Lipinski definition) is 3. The van der Waals surface area contributed by atoms with Crippen molar-refractivity contribution in [2.75, 3.05) is 17.2 Å². The van der Waals surface area contributed by atoms with E-state index in [9.17, 15) is 18.0 Å². The van der Waals surface area contributed by atoms with E-state index in [0.29, 0.717) is 11.4 Å². The summed E-state index contributed by atoms with van der Waals surface area (Å²) in [5, 5.41) is 6.95. The van der Waals surface area contributed by atoms with Crippen molar-refractivity contribution in [3.63, 3.8) is 0 Å². The van der Waals surface area contributed by atoms with E-state index >= 15 is 0 Å². The summed E-state index contributed by atoms with van der Waals surface area (Å²) in [6.45, 7) is 1.42. The van der Waals surface area contributed by atoms with Crippen molar-refractivity contribution in [2.24, 2.45) is 0 Å². The molecule has 0 fully saturated rings. The Hall–Kier alpha value is -2.23. The van der Waals surface area contributed by atoms with Crippen molar-refractivity contribution in [2.45, 2.75) is 17.6 Å². The number of thiophene rings is 1. The predicted octanol–water partition coefficient (Wildman–Crippen LogP) is 2.01. The molecule has 0 spiro atoms. The van der Waals surface area contributed by atoms with Gasteiger partial charge in [-0.2, -0.15) is 0 Å². The fraction of sp³-hybridized carbons (Fsp3) is 0.200. The number of amides is 2. The zero-order chi connectivity index (χ0) is 17.6. The van der Waals surface area contributed by atoms with Crippen LogP contribution in [0.5, 0.6) is 0 Å². The van der Waals surface area contributed by atoms with E-state index in [1.54, 1.807) is 35.7 Å². The number of rotatable bonds is 7. The Kier molecular flexibility index (Phi) is 6.07. The second-order valence-electron chi connectivity index (χ2n) is 4.89. The summed E-state index contributed by atoms with van der Waals surface area (Å²) in [7, 11) is -3.55. The molecule has 24 heavy (non-hydrogen) atoms. The molecule has 7 nitrogen and oxygen atoms in total. The van der Waals surface area contributed by atoms with Gasteiger partial charge in [0.1, 0.15) is 4.21 Å². The fourth-order valence-corrected chi connectivity index (χ4v) is 3.92. The molecule has 0 atom stereocenters. The molecule has 0 aliphatic heterocycles. The van der Waals surface area contributed by atoms with E-state index in [-0.39, 0.29) is 29.0 Å². The molecule has 0 aliphatic rings. The van der Waals surface area contributed by atoms with Crippen LogP contribution in [-0.4, -0.2) is 26.8 Å². The topological polar surface area (TPSA) is 104 Å². The lowest BCUT2D eigenvalue weighted by Crippen LogP contribution is -2.27. The zero-order valence-corrected chi connectivity index (χ0v) is 14.5. The van der Waals surface area contributed by atoms with Crippen LogP contribution in [0.15, 0.2) is 46.0 Å². The minimum absolute atomic E-state index is 0.00996. The maximum Gasteiger partial charge on any atom is 0.250 e. The summed E-state index contributed by atoms with van der Waals surface area (Å²) in [4.78, 5) is 22.8. The number of carbonyl (C=O) groups is 2. The van der Waals surface area contributed by atoms with Gasteiger partial charge in [0.2, 0.25) is 21.8 Å². The first-order valence-corrected chi connectivity index (χ1v) is 9.44. The lowest BCUT2D eigenvalue weighted by Gasteiger charge is -2.08. The van der Waals surface area contributed by atoms with Gasteiger partial charge >= 0.3 is 0 Å². The normalized spacial score (nSPS) is 11.0. The molecule has 0 bridgehead atoms. The molecule has 0 unspecified atom stereocenters. The summed E-state index contributed by atoms with van der Waals surface area (Å²) in [6, 6.07) is 9.78. The molecule has 9 heteroatoms.